The molecule has 26 heavy (non-hydrogen) atoms. The van der Waals surface area contributed by atoms with E-state index in [1.165, 1.54) is 11.3 Å². The molecule has 0 radical (unpaired) electrons. The van der Waals surface area contributed by atoms with Crippen LogP contribution in [0.25, 0.3) is 0 Å². The lowest BCUT2D eigenvalue weighted by Gasteiger charge is -2.39. The molecule has 2 aromatic rings. The van der Waals surface area contributed by atoms with Crippen LogP contribution < -0.4 is 19.7 Å². The van der Waals surface area contributed by atoms with E-state index in [0.29, 0.717) is 6.61 Å². The van der Waals surface area contributed by atoms with Crippen molar-refractivity contribution in [3.63, 3.8) is 0 Å². The smallest absolute Gasteiger partial charge is 0.161 e. The van der Waals surface area contributed by atoms with Gasteiger partial charge in [0.2, 0.25) is 0 Å². The molecule has 1 saturated heterocycles. The average molecular weight is 353 g/mol. The zero-order valence-corrected chi connectivity index (χ0v) is 15.4. The molecule has 1 N–H and O–H groups in total. The summed E-state index contributed by atoms with van der Waals surface area (Å²) in [6.45, 7) is 6.65. The summed E-state index contributed by atoms with van der Waals surface area (Å²) in [6.07, 6.45) is 0.105. The molecular weight excluding hydrogens is 326 g/mol. The quantitative estimate of drug-likeness (QED) is 0.893. The van der Waals surface area contributed by atoms with Gasteiger partial charge in [-0.15, -0.1) is 0 Å². The second-order valence-corrected chi connectivity index (χ2v) is 6.94. The molecule has 0 amide bonds. The van der Waals surface area contributed by atoms with Crippen molar-refractivity contribution in [1.82, 2.24) is 10.2 Å². The van der Waals surface area contributed by atoms with Crippen LogP contribution in [0.2, 0.25) is 0 Å². The fourth-order valence-corrected chi connectivity index (χ4v) is 3.77. The maximum Gasteiger partial charge on any atom is 0.161 e. The number of anilines is 1. The number of hydrogen-bond donors (Lipinski definition) is 1. The van der Waals surface area contributed by atoms with Crippen molar-refractivity contribution in [3.05, 3.63) is 54.1 Å². The summed E-state index contributed by atoms with van der Waals surface area (Å²) in [4.78, 5) is 4.98. The summed E-state index contributed by atoms with van der Waals surface area (Å²) in [5.74, 6) is 1.72. The Morgan fingerprint density at radius 3 is 2.50 bits per heavy atom. The van der Waals surface area contributed by atoms with Crippen molar-refractivity contribution < 1.29 is 9.47 Å². The molecule has 0 aliphatic carbocycles. The molecule has 4 rings (SSSR count). The minimum absolute atomic E-state index is 0.105. The average Bonchev–Trinajstić information content (AvgIpc) is 2.69. The van der Waals surface area contributed by atoms with Gasteiger partial charge in [0.25, 0.3) is 0 Å². The molecule has 2 aliphatic heterocycles. The molecule has 5 nitrogen and oxygen atoms in total. The molecule has 5 heteroatoms. The lowest BCUT2D eigenvalue weighted by Crippen LogP contribution is -2.51. The van der Waals surface area contributed by atoms with Crippen molar-refractivity contribution in [2.24, 2.45) is 0 Å². The predicted octanol–water partition coefficient (Wildman–Crippen LogP) is 2.37. The molecule has 1 atom stereocenters. The van der Waals surface area contributed by atoms with Crippen LogP contribution in [-0.2, 0) is 6.54 Å². The first kappa shape index (κ1) is 17.2. The summed E-state index contributed by atoms with van der Waals surface area (Å²) < 4.78 is 12.0. The number of hydrogen-bond acceptors (Lipinski definition) is 5. The Morgan fingerprint density at radius 1 is 0.962 bits per heavy atom. The van der Waals surface area contributed by atoms with Gasteiger partial charge in [-0.3, -0.25) is 4.90 Å². The van der Waals surface area contributed by atoms with Crippen LogP contribution >= 0.6 is 0 Å². The molecule has 2 heterocycles. The third-order valence-corrected chi connectivity index (χ3v) is 5.10. The highest BCUT2D eigenvalue weighted by molar-refractivity contribution is 5.54. The van der Waals surface area contributed by atoms with Gasteiger partial charge in [-0.2, -0.15) is 0 Å². The number of nitrogens with one attached hydrogen (secondary N) is 1. The fraction of sp³-hybridized carbons (Fsp3) is 0.429. The molecule has 2 aromatic carbocycles. The molecule has 0 saturated carbocycles. The molecule has 0 spiro atoms. The van der Waals surface area contributed by atoms with Crippen LogP contribution in [0.15, 0.2) is 48.5 Å². The van der Waals surface area contributed by atoms with Gasteiger partial charge >= 0.3 is 0 Å². The Labute approximate surface area is 155 Å². The minimum Gasteiger partial charge on any atom is -0.486 e. The largest absolute Gasteiger partial charge is 0.486 e. The van der Waals surface area contributed by atoms with Crippen molar-refractivity contribution in [2.45, 2.75) is 12.6 Å². The number of fused-ring (bicyclic) bond motifs is 1. The van der Waals surface area contributed by atoms with Gasteiger partial charge < -0.3 is 19.7 Å². The van der Waals surface area contributed by atoms with E-state index in [4.69, 9.17) is 9.47 Å². The predicted molar refractivity (Wildman–Crippen MR) is 104 cm³/mol. The second-order valence-electron chi connectivity index (χ2n) is 6.94. The third-order valence-electron chi connectivity index (χ3n) is 5.10. The molecule has 138 valence electrons. The van der Waals surface area contributed by atoms with Gasteiger partial charge in [-0.1, -0.05) is 30.3 Å². The summed E-state index contributed by atoms with van der Waals surface area (Å²) in [7, 11) is 2.00. The monoisotopic (exact) mass is 353 g/mol. The van der Waals surface area contributed by atoms with Gasteiger partial charge in [-0.05, 0) is 30.8 Å². The Kier molecular flexibility index (Phi) is 5.27. The van der Waals surface area contributed by atoms with Crippen LogP contribution in [0.5, 0.6) is 11.5 Å². The first-order valence-electron chi connectivity index (χ1n) is 9.42. The van der Waals surface area contributed by atoms with Gasteiger partial charge in [0.05, 0.1) is 0 Å². The Morgan fingerprint density at radius 2 is 1.69 bits per heavy atom. The summed E-state index contributed by atoms with van der Waals surface area (Å²) in [6, 6.07) is 16.6. The normalized spacial score (nSPS) is 20.2. The number of benzene rings is 2. The zero-order chi connectivity index (χ0) is 17.8. The number of nitrogens with zero attached hydrogens (tertiary/aromatic N) is 2. The van der Waals surface area contributed by atoms with Crippen molar-refractivity contribution in [2.75, 3.05) is 51.3 Å². The number of piperazine rings is 1. The molecule has 0 aromatic heterocycles. The Hall–Kier alpha value is -2.24. The first-order chi connectivity index (χ1) is 12.8. The van der Waals surface area contributed by atoms with Gasteiger partial charge in [-0.25, -0.2) is 0 Å². The fourth-order valence-electron chi connectivity index (χ4n) is 3.77. The van der Waals surface area contributed by atoms with E-state index in [0.717, 1.165) is 50.8 Å². The summed E-state index contributed by atoms with van der Waals surface area (Å²) in [5.41, 5.74) is 2.72. The Bertz CT molecular complexity index is 729. The van der Waals surface area contributed by atoms with Crippen LogP contribution in [0.1, 0.15) is 5.56 Å². The first-order valence-corrected chi connectivity index (χ1v) is 9.42. The van der Waals surface area contributed by atoms with Crippen LogP contribution in [0, 0.1) is 0 Å². The lowest BCUT2D eigenvalue weighted by molar-refractivity contribution is 0.0571. The van der Waals surface area contributed by atoms with Crippen LogP contribution in [0.4, 0.5) is 5.69 Å². The van der Waals surface area contributed by atoms with E-state index in [1.54, 1.807) is 0 Å². The molecule has 0 bridgehead atoms. The van der Waals surface area contributed by atoms with Crippen molar-refractivity contribution in [3.8, 4) is 11.5 Å². The van der Waals surface area contributed by atoms with E-state index in [-0.39, 0.29) is 6.10 Å². The number of ether oxygens (including phenoxy) is 2. The topological polar surface area (TPSA) is 37.0 Å². The molecule has 1 unspecified atom stereocenters. The van der Waals surface area contributed by atoms with Crippen LogP contribution in [-0.4, -0.2) is 57.4 Å². The van der Waals surface area contributed by atoms with E-state index in [9.17, 15) is 0 Å². The summed E-state index contributed by atoms with van der Waals surface area (Å²) >= 11 is 0. The van der Waals surface area contributed by atoms with E-state index in [2.05, 4.69) is 39.4 Å². The Balaban J connectivity index is 1.32. The molecule has 1 fully saturated rings. The standard InChI is InChI=1S/C21H27N3O2/c1-22-14-17-6-2-3-7-19(17)24-12-10-23(11-13-24)15-18-16-25-20-8-4-5-9-21(20)26-18/h2-9,18,22H,10-16H2,1H3. The second kappa shape index (κ2) is 7.98. The van der Waals surface area contributed by atoms with Crippen LogP contribution in [0.3, 0.4) is 0 Å². The van der Waals surface area contributed by atoms with Gasteiger partial charge in [0.1, 0.15) is 12.7 Å². The van der Waals surface area contributed by atoms with E-state index >= 15 is 0 Å². The summed E-state index contributed by atoms with van der Waals surface area (Å²) in [5, 5.41) is 3.27. The number of rotatable bonds is 5. The van der Waals surface area contributed by atoms with Gasteiger partial charge in [0.15, 0.2) is 11.5 Å². The third kappa shape index (κ3) is 3.79. The van der Waals surface area contributed by atoms with Gasteiger partial charge in [0, 0.05) is 45.0 Å². The maximum atomic E-state index is 6.11. The highest BCUT2D eigenvalue weighted by Crippen LogP contribution is 2.31. The van der Waals surface area contributed by atoms with E-state index in [1.807, 2.05) is 31.3 Å². The lowest BCUT2D eigenvalue weighted by atomic mass is 10.1. The van der Waals surface area contributed by atoms with E-state index < -0.39 is 0 Å². The van der Waals surface area contributed by atoms with Crippen molar-refractivity contribution >= 4 is 5.69 Å². The highest BCUT2D eigenvalue weighted by Gasteiger charge is 2.25. The SMILES string of the molecule is CNCc1ccccc1N1CCN(CC2COc3ccccc3O2)CC1. The minimum atomic E-state index is 0.105. The molecular formula is C21H27N3O2. The number of para-hydroxylation sites is 3. The highest BCUT2D eigenvalue weighted by atomic mass is 16.6. The maximum absolute atomic E-state index is 6.11. The van der Waals surface area contributed by atoms with Crippen molar-refractivity contribution in [1.29, 1.82) is 0 Å². The molecule has 2 aliphatic rings. The zero-order valence-electron chi connectivity index (χ0n) is 15.4.